The molecule has 0 fully saturated rings. The van der Waals surface area contributed by atoms with Gasteiger partial charge in [0.25, 0.3) is 0 Å². The first-order valence-corrected chi connectivity index (χ1v) is 26.9. The van der Waals surface area contributed by atoms with Gasteiger partial charge in [0.15, 0.2) is 0 Å². The number of anilines is 6. The lowest BCUT2D eigenvalue weighted by Crippen LogP contribution is -2.10. The summed E-state index contributed by atoms with van der Waals surface area (Å²) in [5.41, 5.74) is 23.4. The van der Waals surface area contributed by atoms with Crippen molar-refractivity contribution in [2.45, 2.75) is 13.8 Å². The molecule has 0 bridgehead atoms. The van der Waals surface area contributed by atoms with Gasteiger partial charge in [0.1, 0.15) is 0 Å². The van der Waals surface area contributed by atoms with Gasteiger partial charge in [0, 0.05) is 34.1 Å². The third kappa shape index (κ3) is 9.64. The molecule has 0 aromatic heterocycles. The number of benzene rings is 13. The van der Waals surface area contributed by atoms with Crippen molar-refractivity contribution in [1.29, 1.82) is 0 Å². The van der Waals surface area contributed by atoms with E-state index in [0.29, 0.717) is 0 Å². The molecule has 0 radical (unpaired) electrons. The Hall–Kier alpha value is -10.0. The highest BCUT2D eigenvalue weighted by atomic mass is 15.1. The maximum Gasteiger partial charge on any atom is 0.0462 e. The second-order valence-electron chi connectivity index (χ2n) is 20.3. The molecule has 13 aromatic rings. The predicted octanol–water partition coefficient (Wildman–Crippen LogP) is 21.6. The van der Waals surface area contributed by atoms with Crippen molar-refractivity contribution < 1.29 is 0 Å². The molecule has 0 atom stereocenters. The van der Waals surface area contributed by atoms with Crippen LogP contribution in [0.25, 0.3) is 88.3 Å². The molecule has 0 amide bonds. The minimum atomic E-state index is 1.08. The molecule has 2 heteroatoms. The summed E-state index contributed by atoms with van der Waals surface area (Å²) < 4.78 is 0. The highest BCUT2D eigenvalue weighted by Crippen LogP contribution is 2.42. The van der Waals surface area contributed by atoms with Gasteiger partial charge in [-0.2, -0.15) is 0 Å². The summed E-state index contributed by atoms with van der Waals surface area (Å²) in [5.74, 6) is 0. The van der Waals surface area contributed by atoms with E-state index in [1.165, 1.54) is 88.3 Å². The van der Waals surface area contributed by atoms with Crippen LogP contribution in [0.1, 0.15) is 11.1 Å². The number of hydrogen-bond acceptors (Lipinski definition) is 2. The van der Waals surface area contributed by atoms with Crippen LogP contribution in [-0.2, 0) is 0 Å². The van der Waals surface area contributed by atoms with Gasteiger partial charge in [-0.1, -0.05) is 236 Å². The zero-order chi connectivity index (χ0) is 52.4. The maximum absolute atomic E-state index is 2.37. The summed E-state index contributed by atoms with van der Waals surface area (Å²) >= 11 is 0. The number of nitrogens with zero attached hydrogens (tertiary/aromatic N) is 2. The van der Waals surface area contributed by atoms with E-state index in [-0.39, 0.29) is 0 Å². The Kier molecular flexibility index (Phi) is 12.8. The second kappa shape index (κ2) is 20.9. The summed E-state index contributed by atoms with van der Waals surface area (Å²) in [6.45, 7) is 4.33. The lowest BCUT2D eigenvalue weighted by molar-refractivity contribution is 1.28. The van der Waals surface area contributed by atoms with Crippen molar-refractivity contribution in [1.82, 2.24) is 0 Å². The first kappa shape index (κ1) is 47.7. The van der Waals surface area contributed by atoms with Crippen LogP contribution in [0.2, 0.25) is 0 Å². The average molecular weight is 997 g/mol. The first-order chi connectivity index (χ1) is 38.5. The minimum Gasteiger partial charge on any atom is -0.311 e. The van der Waals surface area contributed by atoms with Gasteiger partial charge in [-0.25, -0.2) is 0 Å². The first-order valence-electron chi connectivity index (χ1n) is 26.9. The molecule has 0 unspecified atom stereocenters. The summed E-state index contributed by atoms with van der Waals surface area (Å²) in [6.07, 6.45) is 0. The highest BCUT2D eigenvalue weighted by Gasteiger charge is 2.18. The molecule has 78 heavy (non-hydrogen) atoms. The fourth-order valence-corrected chi connectivity index (χ4v) is 11.3. The molecule has 0 aliphatic heterocycles. The SMILES string of the molecule is Cc1cc(C)cc(-c2ccc(-c3ccc(N(c4ccc(-c5ccc(N(c6ccc(-c7ccccc7)cc6)c6ccc(-c7ccccc7)cc6)cc5)cc4)c4ccc(-c5cc6ccccc6c6ccccc56)cc4)cc3)cc2)c1. The Bertz CT molecular complexity index is 4080. The van der Waals surface area contributed by atoms with Crippen LogP contribution in [0.3, 0.4) is 0 Å². The second-order valence-corrected chi connectivity index (χ2v) is 20.3. The average Bonchev–Trinajstić information content (AvgIpc) is 3.53. The molecular weight excluding hydrogens is 941 g/mol. The van der Waals surface area contributed by atoms with Crippen LogP contribution < -0.4 is 9.80 Å². The largest absolute Gasteiger partial charge is 0.311 e. The van der Waals surface area contributed by atoms with E-state index in [1.807, 2.05) is 0 Å². The lowest BCUT2D eigenvalue weighted by atomic mass is 9.93. The molecule has 370 valence electrons. The van der Waals surface area contributed by atoms with E-state index in [4.69, 9.17) is 0 Å². The summed E-state index contributed by atoms with van der Waals surface area (Å²) in [7, 11) is 0. The molecule has 0 aliphatic rings. The predicted molar refractivity (Wildman–Crippen MR) is 333 cm³/mol. The Balaban J connectivity index is 0.827. The van der Waals surface area contributed by atoms with Crippen LogP contribution in [0.15, 0.2) is 303 Å². The van der Waals surface area contributed by atoms with Crippen molar-refractivity contribution in [2.24, 2.45) is 0 Å². The molecule has 0 saturated heterocycles. The van der Waals surface area contributed by atoms with Crippen molar-refractivity contribution in [3.05, 3.63) is 314 Å². The van der Waals surface area contributed by atoms with Gasteiger partial charge in [0.2, 0.25) is 0 Å². The van der Waals surface area contributed by atoms with E-state index in [9.17, 15) is 0 Å². The molecule has 0 saturated carbocycles. The summed E-state index contributed by atoms with van der Waals surface area (Å²) in [4.78, 5) is 4.71. The van der Waals surface area contributed by atoms with E-state index in [0.717, 1.165) is 45.3 Å². The van der Waals surface area contributed by atoms with Crippen molar-refractivity contribution >= 4 is 55.7 Å². The maximum atomic E-state index is 2.37. The lowest BCUT2D eigenvalue weighted by Gasteiger charge is -2.27. The van der Waals surface area contributed by atoms with E-state index in [1.54, 1.807) is 0 Å². The molecule has 13 aromatic carbocycles. The van der Waals surface area contributed by atoms with Gasteiger partial charge in [0.05, 0.1) is 0 Å². The normalized spacial score (nSPS) is 11.2. The summed E-state index contributed by atoms with van der Waals surface area (Å²) in [5, 5.41) is 5.04. The Morgan fingerprint density at radius 2 is 0.462 bits per heavy atom. The fourth-order valence-electron chi connectivity index (χ4n) is 11.3. The number of aryl methyl sites for hydroxylation is 2. The molecule has 2 nitrogen and oxygen atoms in total. The quantitative estimate of drug-likeness (QED) is 0.113. The monoisotopic (exact) mass is 996 g/mol. The molecule has 0 spiro atoms. The minimum absolute atomic E-state index is 1.08. The smallest absolute Gasteiger partial charge is 0.0462 e. The molecular formula is C76H56N2. The topological polar surface area (TPSA) is 6.48 Å². The van der Waals surface area contributed by atoms with Crippen molar-refractivity contribution in [2.75, 3.05) is 9.80 Å². The van der Waals surface area contributed by atoms with Crippen LogP contribution in [0.5, 0.6) is 0 Å². The third-order valence-electron chi connectivity index (χ3n) is 15.2. The van der Waals surface area contributed by atoms with Crippen molar-refractivity contribution in [3.8, 4) is 66.8 Å². The summed E-state index contributed by atoms with van der Waals surface area (Å²) in [6, 6.07) is 111. The number of fused-ring (bicyclic) bond motifs is 3. The van der Waals surface area contributed by atoms with Crippen LogP contribution in [0, 0.1) is 13.8 Å². The van der Waals surface area contributed by atoms with Crippen molar-refractivity contribution in [3.63, 3.8) is 0 Å². The third-order valence-corrected chi connectivity index (χ3v) is 15.2. The van der Waals surface area contributed by atoms with E-state index < -0.39 is 0 Å². The highest BCUT2D eigenvalue weighted by molar-refractivity contribution is 6.13. The van der Waals surface area contributed by atoms with Gasteiger partial charge >= 0.3 is 0 Å². The molecule has 13 rings (SSSR count). The Labute approximate surface area is 458 Å². The molecule has 0 heterocycles. The van der Waals surface area contributed by atoms with E-state index >= 15 is 0 Å². The zero-order valence-corrected chi connectivity index (χ0v) is 43.8. The standard InChI is InChI=1S/C76H56N2/c1-53-49-54(2)51-66(50-53)63-23-21-57(22-24-63)60-29-41-70(42-30-60)78(72-47-35-64(36-48-72)76-52-65-17-9-10-18-73(65)74-19-11-12-20-75(74)76)71-45-33-62(34-46-71)61-31-43-69(44-32-61)77(67-37-25-58(26-38-67)55-13-5-3-6-14-55)68-39-27-59(28-40-68)56-15-7-4-8-16-56/h3-52H,1-2H3. The van der Waals surface area contributed by atoms with Gasteiger partial charge < -0.3 is 9.80 Å². The number of rotatable bonds is 12. The van der Waals surface area contributed by atoms with Crippen LogP contribution in [-0.4, -0.2) is 0 Å². The van der Waals surface area contributed by atoms with Crippen LogP contribution in [0.4, 0.5) is 34.1 Å². The van der Waals surface area contributed by atoms with Gasteiger partial charge in [-0.15, -0.1) is 0 Å². The van der Waals surface area contributed by atoms with Gasteiger partial charge in [-0.05, 0) is 181 Å². The zero-order valence-electron chi connectivity index (χ0n) is 43.8. The Morgan fingerprint density at radius 1 is 0.192 bits per heavy atom. The fraction of sp³-hybridized carbons (Fsp3) is 0.0263. The molecule has 0 N–H and O–H groups in total. The Morgan fingerprint density at radius 3 is 0.833 bits per heavy atom. The molecule has 0 aliphatic carbocycles. The number of hydrogen-bond donors (Lipinski definition) is 0. The van der Waals surface area contributed by atoms with Gasteiger partial charge in [-0.3, -0.25) is 0 Å². The van der Waals surface area contributed by atoms with Crippen LogP contribution >= 0.6 is 0 Å². The van der Waals surface area contributed by atoms with E-state index in [2.05, 4.69) is 327 Å².